The minimum absolute atomic E-state index is 0.310. The van der Waals surface area contributed by atoms with Crippen molar-refractivity contribution in [1.82, 2.24) is 5.32 Å². The molecule has 0 aliphatic carbocycles. The smallest absolute Gasteiger partial charge is 0.00482 e. The molecule has 0 rings (SSSR count). The van der Waals surface area contributed by atoms with Gasteiger partial charge in [-0.05, 0) is 32.4 Å². The predicted octanol–water partition coefficient (Wildman–Crippen LogP) is 0.969. The minimum Gasteiger partial charge on any atom is -0.328 e. The van der Waals surface area contributed by atoms with E-state index in [-0.39, 0.29) is 0 Å². The molecule has 2 heteroatoms. The minimum atomic E-state index is 0.310. The van der Waals surface area contributed by atoms with Crippen molar-refractivity contribution in [3.8, 4) is 0 Å². The highest BCUT2D eigenvalue weighted by molar-refractivity contribution is 4.65. The summed E-state index contributed by atoms with van der Waals surface area (Å²) in [7, 11) is 0. The highest BCUT2D eigenvalue weighted by atomic mass is 14.9. The van der Waals surface area contributed by atoms with Crippen LogP contribution in [-0.2, 0) is 0 Å². The van der Waals surface area contributed by atoms with E-state index in [2.05, 4.69) is 26.1 Å². The van der Waals surface area contributed by atoms with E-state index < -0.39 is 0 Å². The van der Waals surface area contributed by atoms with Gasteiger partial charge in [0, 0.05) is 6.04 Å². The Bertz CT molecular complexity index is 71.7. The lowest BCUT2D eigenvalue weighted by molar-refractivity contribution is 0.446. The first kappa shape index (κ1) is 9.92. The Morgan fingerprint density at radius 1 is 1.40 bits per heavy atom. The van der Waals surface area contributed by atoms with E-state index in [1.807, 2.05) is 0 Å². The third-order valence-corrected chi connectivity index (χ3v) is 1.79. The number of nitrogens with one attached hydrogen (secondary N) is 1. The van der Waals surface area contributed by atoms with E-state index in [1.165, 1.54) is 6.42 Å². The molecule has 2 nitrogen and oxygen atoms in total. The monoisotopic (exact) mass is 144 g/mol. The van der Waals surface area contributed by atoms with E-state index in [1.54, 1.807) is 0 Å². The van der Waals surface area contributed by atoms with Crippen LogP contribution in [0.1, 0.15) is 27.2 Å². The molecule has 10 heavy (non-hydrogen) atoms. The summed E-state index contributed by atoms with van der Waals surface area (Å²) >= 11 is 0. The van der Waals surface area contributed by atoms with Crippen molar-refractivity contribution in [3.63, 3.8) is 0 Å². The number of nitrogens with two attached hydrogens (primary N) is 1. The Kier molecular flexibility index (Phi) is 5.64. The van der Waals surface area contributed by atoms with Gasteiger partial charge in [-0.25, -0.2) is 0 Å². The van der Waals surface area contributed by atoms with Crippen LogP contribution in [0.15, 0.2) is 0 Å². The van der Waals surface area contributed by atoms with Crippen molar-refractivity contribution < 1.29 is 0 Å². The molecule has 0 saturated carbocycles. The summed E-state index contributed by atoms with van der Waals surface area (Å²) in [5.41, 5.74) is 5.68. The fraction of sp³-hybridized carbons (Fsp3) is 1.00. The molecule has 0 bridgehead atoms. The van der Waals surface area contributed by atoms with Crippen LogP contribution in [0.25, 0.3) is 0 Å². The molecule has 2 atom stereocenters. The predicted molar refractivity (Wildman–Crippen MR) is 46.0 cm³/mol. The lowest BCUT2D eigenvalue weighted by atomic mass is 10.1. The summed E-state index contributed by atoms with van der Waals surface area (Å²) in [6, 6.07) is 0.310. The van der Waals surface area contributed by atoms with Gasteiger partial charge in [0.2, 0.25) is 0 Å². The number of hydrogen-bond donors (Lipinski definition) is 2. The van der Waals surface area contributed by atoms with Gasteiger partial charge in [0.05, 0.1) is 0 Å². The Balaban J connectivity index is 3.13. The summed E-state index contributed by atoms with van der Waals surface area (Å²) in [6.45, 7) is 8.55. The van der Waals surface area contributed by atoms with Gasteiger partial charge in [-0.15, -0.1) is 0 Å². The van der Waals surface area contributed by atoms with Crippen molar-refractivity contribution >= 4 is 0 Å². The van der Waals surface area contributed by atoms with Crippen LogP contribution in [0.2, 0.25) is 0 Å². The van der Waals surface area contributed by atoms with Gasteiger partial charge in [-0.3, -0.25) is 0 Å². The van der Waals surface area contributed by atoms with E-state index in [4.69, 9.17) is 5.73 Å². The van der Waals surface area contributed by atoms with Gasteiger partial charge in [0.25, 0.3) is 0 Å². The highest BCUT2D eigenvalue weighted by Gasteiger charge is 2.04. The Labute approximate surface area is 64.2 Å². The summed E-state index contributed by atoms with van der Waals surface area (Å²) in [5.74, 6) is 0.589. The van der Waals surface area contributed by atoms with Crippen LogP contribution < -0.4 is 11.1 Å². The van der Waals surface area contributed by atoms with E-state index >= 15 is 0 Å². The molecule has 0 aromatic rings. The molecule has 0 aliphatic heterocycles. The second kappa shape index (κ2) is 5.69. The van der Waals surface area contributed by atoms with Gasteiger partial charge in [-0.2, -0.15) is 0 Å². The zero-order valence-corrected chi connectivity index (χ0v) is 7.35. The zero-order valence-electron chi connectivity index (χ0n) is 7.35. The topological polar surface area (TPSA) is 38.0 Å². The Morgan fingerprint density at radius 2 is 2.00 bits per heavy atom. The van der Waals surface area contributed by atoms with Crippen LogP contribution >= 0.6 is 0 Å². The first-order valence-electron chi connectivity index (χ1n) is 4.14. The standard InChI is InChI=1S/C8H20N2/c1-4-5-10-6-7(2)8(3)9/h7-8,10H,4-6,9H2,1-3H3. The van der Waals surface area contributed by atoms with E-state index in [9.17, 15) is 0 Å². The average Bonchev–Trinajstić information content (AvgIpc) is 1.88. The molecule has 0 amide bonds. The van der Waals surface area contributed by atoms with Gasteiger partial charge in [0.15, 0.2) is 0 Å². The molecule has 0 radical (unpaired) electrons. The Hall–Kier alpha value is -0.0800. The molecular formula is C8H20N2. The zero-order chi connectivity index (χ0) is 7.98. The van der Waals surface area contributed by atoms with Crippen LogP contribution in [0, 0.1) is 5.92 Å². The van der Waals surface area contributed by atoms with Crippen molar-refractivity contribution in [3.05, 3.63) is 0 Å². The summed E-state index contributed by atoms with van der Waals surface area (Å²) < 4.78 is 0. The van der Waals surface area contributed by atoms with Crippen LogP contribution in [0.3, 0.4) is 0 Å². The molecule has 0 aromatic heterocycles. The second-order valence-electron chi connectivity index (χ2n) is 3.04. The summed E-state index contributed by atoms with van der Waals surface area (Å²) in [6.07, 6.45) is 1.20. The molecule has 0 saturated heterocycles. The van der Waals surface area contributed by atoms with Crippen LogP contribution in [-0.4, -0.2) is 19.1 Å². The highest BCUT2D eigenvalue weighted by Crippen LogP contribution is 1.96. The fourth-order valence-corrected chi connectivity index (χ4v) is 0.692. The third-order valence-electron chi connectivity index (χ3n) is 1.79. The lowest BCUT2D eigenvalue weighted by Gasteiger charge is -2.15. The summed E-state index contributed by atoms with van der Waals surface area (Å²) in [5, 5.41) is 3.34. The van der Waals surface area contributed by atoms with Gasteiger partial charge in [0.1, 0.15) is 0 Å². The maximum atomic E-state index is 5.68. The van der Waals surface area contributed by atoms with Crippen LogP contribution in [0.5, 0.6) is 0 Å². The molecule has 3 N–H and O–H groups in total. The quantitative estimate of drug-likeness (QED) is 0.564. The molecule has 62 valence electrons. The normalized spacial score (nSPS) is 16.8. The van der Waals surface area contributed by atoms with E-state index in [0.29, 0.717) is 12.0 Å². The number of hydrogen-bond acceptors (Lipinski definition) is 2. The van der Waals surface area contributed by atoms with Crippen molar-refractivity contribution in [2.75, 3.05) is 13.1 Å². The maximum Gasteiger partial charge on any atom is 0.00482 e. The van der Waals surface area contributed by atoms with E-state index in [0.717, 1.165) is 13.1 Å². The second-order valence-corrected chi connectivity index (χ2v) is 3.04. The SMILES string of the molecule is CCCNCC(C)C(C)N. The molecule has 0 fully saturated rings. The lowest BCUT2D eigenvalue weighted by Crippen LogP contribution is -2.33. The summed E-state index contributed by atoms with van der Waals surface area (Å²) in [4.78, 5) is 0. The molecule has 0 aliphatic rings. The molecule has 0 spiro atoms. The van der Waals surface area contributed by atoms with Crippen molar-refractivity contribution in [2.24, 2.45) is 11.7 Å². The van der Waals surface area contributed by atoms with Crippen molar-refractivity contribution in [1.29, 1.82) is 0 Å². The van der Waals surface area contributed by atoms with Gasteiger partial charge >= 0.3 is 0 Å². The third kappa shape index (κ3) is 4.77. The maximum absolute atomic E-state index is 5.68. The molecular weight excluding hydrogens is 124 g/mol. The van der Waals surface area contributed by atoms with Gasteiger partial charge in [-0.1, -0.05) is 13.8 Å². The number of rotatable bonds is 5. The molecule has 0 aromatic carbocycles. The Morgan fingerprint density at radius 3 is 2.40 bits per heavy atom. The van der Waals surface area contributed by atoms with Crippen molar-refractivity contribution in [2.45, 2.75) is 33.2 Å². The largest absolute Gasteiger partial charge is 0.328 e. The molecule has 0 heterocycles. The molecule has 2 unspecified atom stereocenters. The van der Waals surface area contributed by atoms with Crippen LogP contribution in [0.4, 0.5) is 0 Å². The fourth-order valence-electron chi connectivity index (χ4n) is 0.692. The first-order chi connectivity index (χ1) is 4.68. The first-order valence-corrected chi connectivity index (χ1v) is 4.14. The average molecular weight is 144 g/mol. The van der Waals surface area contributed by atoms with Gasteiger partial charge < -0.3 is 11.1 Å².